The van der Waals surface area contributed by atoms with E-state index in [9.17, 15) is 4.79 Å². The van der Waals surface area contributed by atoms with Gasteiger partial charge in [0.2, 0.25) is 5.91 Å². The Morgan fingerprint density at radius 1 is 1.25 bits per heavy atom. The van der Waals surface area contributed by atoms with Gasteiger partial charge in [-0.1, -0.05) is 71.4 Å². The van der Waals surface area contributed by atoms with Crippen molar-refractivity contribution in [2.24, 2.45) is 10.2 Å². The average Bonchev–Trinajstić information content (AvgIpc) is 2.98. The van der Waals surface area contributed by atoms with Gasteiger partial charge in [0.15, 0.2) is 5.17 Å². The Labute approximate surface area is 178 Å². The van der Waals surface area contributed by atoms with Crippen LogP contribution in [0.3, 0.4) is 0 Å². The minimum Gasteiger partial charge on any atom is -0.496 e. The van der Waals surface area contributed by atoms with E-state index in [1.165, 1.54) is 11.8 Å². The van der Waals surface area contributed by atoms with Crippen molar-refractivity contribution in [3.05, 3.63) is 64.1 Å². The number of carbonyl (C=O) groups is 1. The van der Waals surface area contributed by atoms with Gasteiger partial charge < -0.3 is 4.74 Å². The van der Waals surface area contributed by atoms with Crippen molar-refractivity contribution in [3.8, 4) is 5.75 Å². The Balaban J connectivity index is 1.84. The standard InChI is InChI=1S/C21H22BrN3O2S/c1-3-7-19-20(26)25(14-15-8-5-4-6-9-15)21(28-19)24-23-13-16-12-17(22)10-11-18(16)27-2/h4-6,8-13,19H,3,7,14H2,1-2H3/b23-13+,24-21-. The molecule has 146 valence electrons. The van der Waals surface area contributed by atoms with Crippen LogP contribution in [0.1, 0.15) is 30.9 Å². The van der Waals surface area contributed by atoms with Crippen LogP contribution in [0.2, 0.25) is 0 Å². The summed E-state index contributed by atoms with van der Waals surface area (Å²) in [6, 6.07) is 15.6. The fraction of sp³-hybridized carbons (Fsp3) is 0.286. The molecule has 2 aromatic rings. The van der Waals surface area contributed by atoms with Gasteiger partial charge in [-0.25, -0.2) is 0 Å². The second kappa shape index (κ2) is 9.89. The summed E-state index contributed by atoms with van der Waals surface area (Å²) in [4.78, 5) is 14.6. The Kier molecular flexibility index (Phi) is 7.28. The van der Waals surface area contributed by atoms with E-state index in [0.29, 0.717) is 17.5 Å². The summed E-state index contributed by atoms with van der Waals surface area (Å²) < 4.78 is 6.29. The molecule has 2 aromatic carbocycles. The molecule has 7 heteroatoms. The number of rotatable bonds is 7. The van der Waals surface area contributed by atoms with Gasteiger partial charge in [-0.3, -0.25) is 9.69 Å². The molecular weight excluding hydrogens is 438 g/mol. The summed E-state index contributed by atoms with van der Waals surface area (Å²) >= 11 is 4.94. The number of methoxy groups -OCH3 is 1. The van der Waals surface area contributed by atoms with Crippen LogP contribution >= 0.6 is 27.7 Å². The van der Waals surface area contributed by atoms with E-state index >= 15 is 0 Å². The van der Waals surface area contributed by atoms with Crippen LogP contribution in [-0.4, -0.2) is 34.5 Å². The van der Waals surface area contributed by atoms with Crippen molar-refractivity contribution in [3.63, 3.8) is 0 Å². The van der Waals surface area contributed by atoms with Gasteiger partial charge in [-0.2, -0.15) is 5.10 Å². The van der Waals surface area contributed by atoms with E-state index in [0.717, 1.165) is 28.4 Å². The highest BCUT2D eigenvalue weighted by atomic mass is 79.9. The Bertz CT molecular complexity index is 886. The highest BCUT2D eigenvalue weighted by Crippen LogP contribution is 2.31. The Morgan fingerprint density at radius 3 is 2.75 bits per heavy atom. The molecule has 28 heavy (non-hydrogen) atoms. The summed E-state index contributed by atoms with van der Waals surface area (Å²) in [5, 5.41) is 9.15. The van der Waals surface area contributed by atoms with E-state index < -0.39 is 0 Å². The molecule has 3 rings (SSSR count). The fourth-order valence-corrected chi connectivity index (χ4v) is 4.48. The van der Waals surface area contributed by atoms with E-state index in [4.69, 9.17) is 4.74 Å². The van der Waals surface area contributed by atoms with Crippen LogP contribution in [-0.2, 0) is 11.3 Å². The molecule has 5 nitrogen and oxygen atoms in total. The third-order valence-corrected chi connectivity index (χ3v) is 6.01. The van der Waals surface area contributed by atoms with E-state index in [1.54, 1.807) is 18.2 Å². The topological polar surface area (TPSA) is 54.3 Å². The van der Waals surface area contributed by atoms with Crippen LogP contribution in [0.5, 0.6) is 5.75 Å². The van der Waals surface area contributed by atoms with Crippen molar-refractivity contribution in [2.45, 2.75) is 31.6 Å². The van der Waals surface area contributed by atoms with Gasteiger partial charge in [0, 0.05) is 10.0 Å². The number of amidine groups is 1. The van der Waals surface area contributed by atoms with Gasteiger partial charge in [-0.05, 0) is 30.2 Å². The SMILES string of the molecule is CCCC1S/C(=N\N=C\c2cc(Br)ccc2OC)N(Cc2ccccc2)C1=O. The van der Waals surface area contributed by atoms with Crippen LogP contribution in [0.4, 0.5) is 0 Å². The van der Waals surface area contributed by atoms with E-state index in [-0.39, 0.29) is 11.2 Å². The second-order valence-electron chi connectivity index (χ2n) is 6.32. The molecule has 1 aliphatic rings. The number of nitrogens with zero attached hydrogens (tertiary/aromatic N) is 3. The molecule has 1 heterocycles. The largest absolute Gasteiger partial charge is 0.496 e. The molecule has 1 atom stereocenters. The molecule has 0 spiro atoms. The normalized spacial score (nSPS) is 18.4. The number of halogens is 1. The van der Waals surface area contributed by atoms with Gasteiger partial charge in [-0.15, -0.1) is 5.10 Å². The third-order valence-electron chi connectivity index (χ3n) is 4.29. The number of thioether (sulfide) groups is 1. The van der Waals surface area contributed by atoms with Crippen molar-refractivity contribution >= 4 is 45.0 Å². The van der Waals surface area contributed by atoms with Gasteiger partial charge >= 0.3 is 0 Å². The van der Waals surface area contributed by atoms with Gasteiger partial charge in [0.25, 0.3) is 0 Å². The van der Waals surface area contributed by atoms with Gasteiger partial charge in [0.05, 0.1) is 25.1 Å². The van der Waals surface area contributed by atoms with Crippen molar-refractivity contribution < 1.29 is 9.53 Å². The zero-order chi connectivity index (χ0) is 19.9. The number of benzene rings is 2. The Hall–Kier alpha value is -2.12. The third kappa shape index (κ3) is 5.02. The average molecular weight is 460 g/mol. The van der Waals surface area contributed by atoms with Crippen LogP contribution in [0.25, 0.3) is 0 Å². The lowest BCUT2D eigenvalue weighted by molar-refractivity contribution is -0.126. The summed E-state index contributed by atoms with van der Waals surface area (Å²) in [6.45, 7) is 2.59. The lowest BCUT2D eigenvalue weighted by Crippen LogP contribution is -2.31. The number of hydrogen-bond acceptors (Lipinski definition) is 5. The smallest absolute Gasteiger partial charge is 0.242 e. The maximum Gasteiger partial charge on any atom is 0.242 e. The molecule has 0 aliphatic carbocycles. The van der Waals surface area contributed by atoms with Crippen molar-refractivity contribution in [2.75, 3.05) is 7.11 Å². The second-order valence-corrected chi connectivity index (χ2v) is 8.40. The fourth-order valence-electron chi connectivity index (χ4n) is 2.89. The molecule has 0 aromatic heterocycles. The first-order valence-electron chi connectivity index (χ1n) is 9.09. The molecule has 1 saturated heterocycles. The molecule has 0 bridgehead atoms. The minimum absolute atomic E-state index is 0.0944. The molecule has 0 radical (unpaired) electrons. The zero-order valence-electron chi connectivity index (χ0n) is 15.8. The first-order chi connectivity index (χ1) is 13.6. The lowest BCUT2D eigenvalue weighted by Gasteiger charge is -2.15. The zero-order valence-corrected chi connectivity index (χ0v) is 18.2. The minimum atomic E-state index is -0.0944. The number of amides is 1. The molecule has 1 fully saturated rings. The summed E-state index contributed by atoms with van der Waals surface area (Å²) in [5.41, 5.74) is 1.88. The molecule has 1 unspecified atom stereocenters. The number of carbonyl (C=O) groups excluding carboxylic acids is 1. The monoisotopic (exact) mass is 459 g/mol. The van der Waals surface area contributed by atoms with Crippen LogP contribution in [0.15, 0.2) is 63.2 Å². The molecule has 1 aliphatic heterocycles. The maximum atomic E-state index is 12.8. The van der Waals surface area contributed by atoms with Crippen molar-refractivity contribution in [1.82, 2.24) is 4.90 Å². The Morgan fingerprint density at radius 2 is 2.04 bits per heavy atom. The molecule has 1 amide bonds. The first-order valence-corrected chi connectivity index (χ1v) is 10.8. The summed E-state index contributed by atoms with van der Waals surface area (Å²) in [6.07, 6.45) is 3.43. The highest BCUT2D eigenvalue weighted by molar-refractivity contribution is 9.10. The first kappa shape index (κ1) is 20.6. The molecule has 0 saturated carbocycles. The van der Waals surface area contributed by atoms with Crippen LogP contribution < -0.4 is 4.74 Å². The quantitative estimate of drug-likeness (QED) is 0.427. The van der Waals surface area contributed by atoms with Gasteiger partial charge in [0.1, 0.15) is 5.75 Å². The summed E-state index contributed by atoms with van der Waals surface area (Å²) in [5.74, 6) is 0.817. The highest BCUT2D eigenvalue weighted by Gasteiger charge is 2.37. The van der Waals surface area contributed by atoms with E-state index in [1.807, 2.05) is 48.5 Å². The molecular formula is C21H22BrN3O2S. The number of ether oxygens (including phenoxy) is 1. The van der Waals surface area contributed by atoms with Crippen molar-refractivity contribution in [1.29, 1.82) is 0 Å². The summed E-state index contributed by atoms with van der Waals surface area (Å²) in [7, 11) is 1.62. The lowest BCUT2D eigenvalue weighted by atomic mass is 10.2. The van der Waals surface area contributed by atoms with Crippen LogP contribution in [0, 0.1) is 0 Å². The van der Waals surface area contributed by atoms with E-state index in [2.05, 4.69) is 33.1 Å². The maximum absolute atomic E-state index is 12.8. The predicted octanol–water partition coefficient (Wildman–Crippen LogP) is 5.09. The molecule has 0 N–H and O–H groups in total. The number of hydrogen-bond donors (Lipinski definition) is 0. The predicted molar refractivity (Wildman–Crippen MR) is 119 cm³/mol.